The first-order chi connectivity index (χ1) is 16.9. The van der Waals surface area contributed by atoms with Gasteiger partial charge in [0.15, 0.2) is 0 Å². The summed E-state index contributed by atoms with van der Waals surface area (Å²) in [6, 6.07) is 0. The molecule has 6 aliphatic rings. The Labute approximate surface area is 213 Å². The van der Waals surface area contributed by atoms with E-state index in [-0.39, 0.29) is 0 Å². The van der Waals surface area contributed by atoms with E-state index in [4.69, 9.17) is 55.0 Å². The summed E-state index contributed by atoms with van der Waals surface area (Å²) in [6.45, 7) is 2.49. The van der Waals surface area contributed by atoms with Crippen LogP contribution in [-0.2, 0) is 64.2 Å². The van der Waals surface area contributed by atoms with Gasteiger partial charge >= 0.3 is 65.9 Å². The molecule has 0 atom stereocenters. The van der Waals surface area contributed by atoms with E-state index in [1.54, 1.807) is 0 Å². The van der Waals surface area contributed by atoms with Crippen LogP contribution in [0.4, 0.5) is 0 Å². The third-order valence-corrected chi connectivity index (χ3v) is 4.70. The van der Waals surface area contributed by atoms with Crippen LogP contribution >= 0.6 is 0 Å². The van der Waals surface area contributed by atoms with Gasteiger partial charge in [0.05, 0.1) is 55.5 Å². The molecule has 6 rings (SSSR count). The molecule has 6 heterocycles. The van der Waals surface area contributed by atoms with Crippen LogP contribution in [-0.4, -0.2) is 143 Å². The Hall–Kier alpha value is -0.0956. The highest BCUT2D eigenvalue weighted by Crippen LogP contribution is 2.22. The normalized spacial score (nSPS) is 22.2. The molecule has 26 heteroatoms. The number of rotatable bonds is 8. The van der Waals surface area contributed by atoms with Gasteiger partial charge in [0, 0.05) is 0 Å². The average Bonchev–Trinajstić information content (AvgIpc) is 2.68. The lowest BCUT2D eigenvalue weighted by atomic mass is 9.86. The lowest BCUT2D eigenvalue weighted by Crippen LogP contribution is -2.65. The van der Waals surface area contributed by atoms with Crippen LogP contribution in [0.5, 0.6) is 0 Å². The van der Waals surface area contributed by atoms with Gasteiger partial charge in [-0.1, -0.05) is 0 Å². The molecule has 0 aliphatic carbocycles. The average molecular weight is 512 g/mol. The molecule has 6 saturated heterocycles. The highest BCUT2D eigenvalue weighted by atomic mass is 17.0. The zero-order valence-electron chi connectivity index (χ0n) is 21.0. The van der Waals surface area contributed by atoms with Crippen LogP contribution in [0.1, 0.15) is 0 Å². The molecule has 0 unspecified atom stereocenters. The Kier molecular flexibility index (Phi) is 9.95. The van der Waals surface area contributed by atoms with Crippen molar-refractivity contribution in [2.75, 3.05) is 68.6 Å². The predicted octanol–water partition coefficient (Wildman–Crippen LogP) is -5.09. The number of quaternary nitrogens is 2. The summed E-state index contributed by atoms with van der Waals surface area (Å²) in [4.78, 5) is 0. The van der Waals surface area contributed by atoms with E-state index in [0.717, 1.165) is 22.1 Å². The molecule has 192 valence electrons. The first kappa shape index (κ1) is 28.9. The van der Waals surface area contributed by atoms with Gasteiger partial charge < -0.3 is 78.2 Å². The summed E-state index contributed by atoms with van der Waals surface area (Å²) in [7, 11) is 2.87. The van der Waals surface area contributed by atoms with Crippen molar-refractivity contribution in [2.24, 2.45) is 0 Å². The van der Waals surface area contributed by atoms with Crippen molar-refractivity contribution in [1.29, 1.82) is 0 Å². The van der Waals surface area contributed by atoms with Crippen LogP contribution in [0.25, 0.3) is 0 Å². The highest BCUT2D eigenvalue weighted by molar-refractivity contribution is 6.79. The fourth-order valence-electron chi connectivity index (χ4n) is 2.71. The lowest BCUT2D eigenvalue weighted by molar-refractivity contribution is -0.870. The van der Waals surface area contributed by atoms with E-state index < -0.39 is 65.9 Å². The topological polar surface area (TPSA) is 152 Å². The van der Waals surface area contributed by atoms with Crippen LogP contribution in [0.3, 0.4) is 0 Å². The second-order valence-corrected chi connectivity index (χ2v) is 10.0. The van der Waals surface area contributed by atoms with E-state index in [1.807, 2.05) is 21.1 Å². The van der Waals surface area contributed by atoms with Crippen molar-refractivity contribution in [3.8, 4) is 0 Å². The second-order valence-electron chi connectivity index (χ2n) is 10.0. The van der Waals surface area contributed by atoms with Gasteiger partial charge in [-0.15, -0.1) is 0 Å². The maximum Gasteiger partial charge on any atom is 0.615 e. The minimum Gasteiger partial charge on any atom is -0.833 e. The van der Waals surface area contributed by atoms with Gasteiger partial charge in [-0.25, -0.2) is 0 Å². The molecular weight excluding hydrogens is 485 g/mol. The van der Waals surface area contributed by atoms with E-state index in [0.29, 0.717) is 13.2 Å². The maximum atomic E-state index is 10.9. The summed E-state index contributed by atoms with van der Waals surface area (Å²) in [5, 5.41) is 10.9. The van der Waals surface area contributed by atoms with Crippen molar-refractivity contribution in [3.63, 3.8) is 0 Å². The van der Waals surface area contributed by atoms with Gasteiger partial charge in [0.2, 0.25) is 0 Å². The van der Waals surface area contributed by atoms with Gasteiger partial charge in [-0.2, -0.15) is 0 Å². The first-order valence-corrected chi connectivity index (χ1v) is 11.3. The molecular formula is C10H26B9N2O15+. The van der Waals surface area contributed by atoms with Crippen LogP contribution in [0, 0.1) is 0 Å². The monoisotopic (exact) mass is 513 g/mol. The Morgan fingerprint density at radius 2 is 0.750 bits per heavy atom. The molecule has 0 spiro atoms. The van der Waals surface area contributed by atoms with E-state index in [1.165, 1.54) is 0 Å². The lowest BCUT2D eigenvalue weighted by Gasteiger charge is -2.38. The van der Waals surface area contributed by atoms with E-state index >= 15 is 0 Å². The fourth-order valence-corrected chi connectivity index (χ4v) is 2.71. The van der Waals surface area contributed by atoms with Gasteiger partial charge in [0.1, 0.15) is 13.1 Å². The number of fused-ring (bicyclic) bond motifs is 2. The van der Waals surface area contributed by atoms with Crippen molar-refractivity contribution in [2.45, 2.75) is 0 Å². The minimum absolute atomic E-state index is 0.439. The Balaban J connectivity index is 0.000000170. The zero-order chi connectivity index (χ0) is 25.9. The maximum absolute atomic E-state index is 10.9. The van der Waals surface area contributed by atoms with Crippen LogP contribution in [0.15, 0.2) is 0 Å². The molecule has 36 heavy (non-hydrogen) atoms. The number of nitrogens with zero attached hydrogens (tertiary/aromatic N) is 2. The molecule has 6 fully saturated rings. The molecule has 0 radical (unpaired) electrons. The van der Waals surface area contributed by atoms with E-state index in [2.05, 4.69) is 30.3 Å². The summed E-state index contributed by atoms with van der Waals surface area (Å²) in [6.07, 6.45) is 0. The smallest absolute Gasteiger partial charge is 0.615 e. The minimum atomic E-state index is -1.66. The van der Waals surface area contributed by atoms with Gasteiger partial charge in [-0.05, 0) is 0 Å². The Bertz CT molecular complexity index is 664. The summed E-state index contributed by atoms with van der Waals surface area (Å²) in [5.41, 5.74) is 0. The van der Waals surface area contributed by atoms with Crippen LogP contribution < -0.4 is 5.02 Å². The molecule has 0 saturated carbocycles. The summed E-state index contributed by atoms with van der Waals surface area (Å²) in [5.74, 6) is 0. The molecule has 0 aromatic heterocycles. The fraction of sp³-hybridized carbons (Fsp3) is 1.00. The Morgan fingerprint density at radius 1 is 0.472 bits per heavy atom. The molecule has 0 amide bonds. The summed E-state index contributed by atoms with van der Waals surface area (Å²) < 4.78 is 72.8. The molecule has 6 bridgehead atoms. The highest BCUT2D eigenvalue weighted by Gasteiger charge is 2.59. The molecule has 0 aromatic carbocycles. The molecule has 0 N–H and O–H groups in total. The molecule has 6 aliphatic heterocycles. The zero-order valence-corrected chi connectivity index (χ0v) is 21.0. The standard InChI is InChI=1S/C5H13B5NO8.C5H13B4NO7/c1-11(2,3)4-5-12-6-13-7-15-8(14-6)17-10-18-9(16-7)19-10;1-10(2,3)4-5-12-7-15-8-13-6(11)14-9(16-7)17-8/h4-5H2,1-3H3;4-5H2,1-3H3/q+1;. The van der Waals surface area contributed by atoms with E-state index in [9.17, 15) is 5.02 Å². The van der Waals surface area contributed by atoms with Crippen molar-refractivity contribution >= 4 is 65.9 Å². The van der Waals surface area contributed by atoms with Crippen molar-refractivity contribution in [1.82, 2.24) is 0 Å². The molecule has 0 aromatic rings. The summed E-state index contributed by atoms with van der Waals surface area (Å²) >= 11 is 0. The van der Waals surface area contributed by atoms with Crippen molar-refractivity contribution in [3.05, 3.63) is 0 Å². The number of hydrogen-bond acceptors (Lipinski definition) is 15. The second kappa shape index (κ2) is 12.4. The third kappa shape index (κ3) is 9.58. The SMILES string of the molecule is C[N+](C)(C)CCOB1OB2OB(O1)OB1OB(O2)O1.C[N+](C)(C)CCOB1OB2OB([O-])OB(O1)O2. The van der Waals surface area contributed by atoms with Crippen molar-refractivity contribution < 1.29 is 78.2 Å². The first-order valence-electron chi connectivity index (χ1n) is 11.3. The quantitative estimate of drug-likeness (QED) is 0.225. The number of likely N-dealkylation sites (N-methyl/N-ethyl adjacent to an activating group) is 2. The molecule has 17 nitrogen and oxygen atoms in total. The van der Waals surface area contributed by atoms with Gasteiger partial charge in [-0.3, -0.25) is 0 Å². The predicted molar refractivity (Wildman–Crippen MR) is 123 cm³/mol. The third-order valence-electron chi connectivity index (χ3n) is 4.70. The Morgan fingerprint density at radius 3 is 1.06 bits per heavy atom. The van der Waals surface area contributed by atoms with Crippen LogP contribution in [0.2, 0.25) is 0 Å². The van der Waals surface area contributed by atoms with Gasteiger partial charge in [0.25, 0.3) is 0 Å². The number of hydrogen-bond donors (Lipinski definition) is 0. The largest absolute Gasteiger partial charge is 0.833 e.